The second-order valence-corrected chi connectivity index (χ2v) is 7.84. The van der Waals surface area contributed by atoms with Gasteiger partial charge in [-0.2, -0.15) is 4.31 Å². The van der Waals surface area contributed by atoms with E-state index in [0.717, 1.165) is 11.1 Å². The lowest BCUT2D eigenvalue weighted by molar-refractivity contribution is -0.145. The minimum Gasteiger partial charge on any atom is -0.468 e. The van der Waals surface area contributed by atoms with E-state index in [0.29, 0.717) is 5.02 Å². The van der Waals surface area contributed by atoms with E-state index in [9.17, 15) is 13.2 Å². The van der Waals surface area contributed by atoms with E-state index >= 15 is 0 Å². The van der Waals surface area contributed by atoms with Crippen LogP contribution in [-0.4, -0.2) is 31.8 Å². The number of hydrogen-bond donors (Lipinski definition) is 0. The Bertz CT molecular complexity index is 864. The first-order valence-corrected chi connectivity index (χ1v) is 9.17. The number of rotatable bonds is 3. The summed E-state index contributed by atoms with van der Waals surface area (Å²) in [5, 5.41) is 0.447. The van der Waals surface area contributed by atoms with Gasteiger partial charge in [-0.15, -0.1) is 0 Å². The lowest BCUT2D eigenvalue weighted by atomic mass is 9.96. The molecule has 0 aliphatic carbocycles. The summed E-state index contributed by atoms with van der Waals surface area (Å²) in [7, 11) is -2.59. The third-order valence-corrected chi connectivity index (χ3v) is 6.22. The number of methoxy groups -OCH3 is 1. The summed E-state index contributed by atoms with van der Waals surface area (Å²) in [5.41, 5.74) is 1.84. The van der Waals surface area contributed by atoms with Gasteiger partial charge in [0.1, 0.15) is 6.04 Å². The Morgan fingerprint density at radius 3 is 2.38 bits per heavy atom. The first-order chi connectivity index (χ1) is 11.4. The molecule has 0 fully saturated rings. The van der Waals surface area contributed by atoms with Crippen LogP contribution in [0.2, 0.25) is 5.02 Å². The van der Waals surface area contributed by atoms with Crippen LogP contribution in [0, 0.1) is 0 Å². The van der Waals surface area contributed by atoms with Crippen LogP contribution in [0.3, 0.4) is 0 Å². The maximum Gasteiger partial charge on any atom is 0.324 e. The average molecular weight is 366 g/mol. The minimum absolute atomic E-state index is 0.0974. The van der Waals surface area contributed by atoms with Gasteiger partial charge in [-0.3, -0.25) is 4.79 Å². The van der Waals surface area contributed by atoms with Gasteiger partial charge in [0.2, 0.25) is 10.0 Å². The number of hydrogen-bond acceptors (Lipinski definition) is 4. The molecule has 1 aliphatic heterocycles. The van der Waals surface area contributed by atoms with Crippen molar-refractivity contribution in [1.29, 1.82) is 0 Å². The summed E-state index contributed by atoms with van der Waals surface area (Å²) >= 11 is 5.83. The van der Waals surface area contributed by atoms with Crippen molar-refractivity contribution >= 4 is 27.6 Å². The topological polar surface area (TPSA) is 63.7 Å². The number of esters is 1. The Morgan fingerprint density at radius 1 is 1.12 bits per heavy atom. The number of benzene rings is 2. The van der Waals surface area contributed by atoms with Crippen LogP contribution in [0.1, 0.15) is 11.1 Å². The first kappa shape index (κ1) is 17.0. The second-order valence-electron chi connectivity index (χ2n) is 5.52. The van der Waals surface area contributed by atoms with Gasteiger partial charge in [0.05, 0.1) is 12.0 Å². The van der Waals surface area contributed by atoms with Gasteiger partial charge in [-0.1, -0.05) is 35.9 Å². The normalized spacial score (nSPS) is 18.0. The highest BCUT2D eigenvalue weighted by molar-refractivity contribution is 7.89. The van der Waals surface area contributed by atoms with E-state index in [-0.39, 0.29) is 17.9 Å². The number of fused-ring (bicyclic) bond motifs is 1. The first-order valence-electron chi connectivity index (χ1n) is 7.35. The Balaban J connectivity index is 2.05. The predicted octanol–water partition coefficient (Wildman–Crippen LogP) is 2.63. The van der Waals surface area contributed by atoms with Crippen molar-refractivity contribution in [2.75, 3.05) is 7.11 Å². The van der Waals surface area contributed by atoms with Crippen LogP contribution in [-0.2, 0) is 32.5 Å². The zero-order valence-electron chi connectivity index (χ0n) is 13.0. The molecule has 2 aromatic carbocycles. The van der Waals surface area contributed by atoms with Crippen LogP contribution in [0.4, 0.5) is 0 Å². The summed E-state index contributed by atoms with van der Waals surface area (Å²) in [6.07, 6.45) is 0.287. The third kappa shape index (κ3) is 3.05. The molecular weight excluding hydrogens is 350 g/mol. The van der Waals surface area contributed by atoms with Gasteiger partial charge >= 0.3 is 5.97 Å². The highest BCUT2D eigenvalue weighted by Crippen LogP contribution is 2.30. The highest BCUT2D eigenvalue weighted by Gasteiger charge is 2.40. The van der Waals surface area contributed by atoms with E-state index < -0.39 is 22.0 Å². The number of carbonyl (C=O) groups is 1. The summed E-state index contributed by atoms with van der Waals surface area (Å²) < 4.78 is 32.0. The number of sulfonamides is 1. The fraction of sp³-hybridized carbons (Fsp3) is 0.235. The van der Waals surface area contributed by atoms with Crippen LogP contribution in [0.5, 0.6) is 0 Å². The van der Waals surface area contributed by atoms with Crippen molar-refractivity contribution in [3.63, 3.8) is 0 Å². The zero-order chi connectivity index (χ0) is 17.3. The molecule has 1 heterocycles. The number of halogens is 1. The molecule has 1 atom stereocenters. The second kappa shape index (κ2) is 6.55. The molecule has 24 heavy (non-hydrogen) atoms. The van der Waals surface area contributed by atoms with Gasteiger partial charge < -0.3 is 4.74 Å². The van der Waals surface area contributed by atoms with Gasteiger partial charge in [0.15, 0.2) is 0 Å². The summed E-state index contributed by atoms with van der Waals surface area (Å²) in [4.78, 5) is 12.3. The minimum atomic E-state index is -3.85. The summed E-state index contributed by atoms with van der Waals surface area (Å²) in [6.45, 7) is 0.126. The van der Waals surface area contributed by atoms with Gasteiger partial charge in [0, 0.05) is 18.0 Å². The standard InChI is InChI=1S/C17H16ClNO4S/c1-23-17(20)16-10-12-4-2-3-5-13(12)11-19(16)24(21,22)15-8-6-14(18)7-9-15/h2-9,16H,10-11H2,1H3/t16-/m1/s1. The molecule has 0 spiro atoms. The zero-order valence-corrected chi connectivity index (χ0v) is 14.5. The number of carbonyl (C=O) groups excluding carboxylic acids is 1. The molecule has 1 aliphatic rings. The van der Waals surface area contributed by atoms with E-state index in [1.807, 2.05) is 24.3 Å². The maximum absolute atomic E-state index is 13.0. The smallest absolute Gasteiger partial charge is 0.324 e. The number of ether oxygens (including phenoxy) is 1. The summed E-state index contributed by atoms with van der Waals surface area (Å²) in [6, 6.07) is 12.5. The fourth-order valence-corrected chi connectivity index (χ4v) is 4.51. The van der Waals surface area contributed by atoms with Gasteiger partial charge in [-0.05, 0) is 35.4 Å². The van der Waals surface area contributed by atoms with Crippen molar-refractivity contribution in [3.8, 4) is 0 Å². The summed E-state index contributed by atoms with van der Waals surface area (Å²) in [5.74, 6) is -0.568. The van der Waals surface area contributed by atoms with Crippen molar-refractivity contribution in [2.45, 2.75) is 23.9 Å². The third-order valence-electron chi connectivity index (χ3n) is 4.10. The molecular formula is C17H16ClNO4S. The molecule has 0 N–H and O–H groups in total. The van der Waals surface area contributed by atoms with Gasteiger partial charge in [0.25, 0.3) is 0 Å². The molecule has 0 saturated heterocycles. The van der Waals surface area contributed by atoms with E-state index in [4.69, 9.17) is 16.3 Å². The lowest BCUT2D eigenvalue weighted by Gasteiger charge is -2.34. The van der Waals surface area contributed by atoms with E-state index in [1.165, 1.54) is 35.7 Å². The van der Waals surface area contributed by atoms with Gasteiger partial charge in [-0.25, -0.2) is 8.42 Å². The Morgan fingerprint density at radius 2 is 1.75 bits per heavy atom. The van der Waals surface area contributed by atoms with Crippen molar-refractivity contribution < 1.29 is 17.9 Å². The van der Waals surface area contributed by atoms with Crippen molar-refractivity contribution in [3.05, 3.63) is 64.7 Å². The molecule has 0 bridgehead atoms. The molecule has 5 nitrogen and oxygen atoms in total. The maximum atomic E-state index is 13.0. The molecule has 126 valence electrons. The largest absolute Gasteiger partial charge is 0.468 e. The average Bonchev–Trinajstić information content (AvgIpc) is 2.60. The molecule has 2 aromatic rings. The van der Waals surface area contributed by atoms with Crippen molar-refractivity contribution in [2.24, 2.45) is 0 Å². The molecule has 0 aromatic heterocycles. The lowest BCUT2D eigenvalue weighted by Crippen LogP contribution is -2.48. The number of nitrogens with zero attached hydrogens (tertiary/aromatic N) is 1. The van der Waals surface area contributed by atoms with Crippen LogP contribution >= 0.6 is 11.6 Å². The Labute approximate surface area is 145 Å². The van der Waals surface area contributed by atoms with Crippen LogP contribution in [0.25, 0.3) is 0 Å². The molecule has 0 saturated carbocycles. The SMILES string of the molecule is COC(=O)[C@H]1Cc2ccccc2CN1S(=O)(=O)c1ccc(Cl)cc1. The molecule has 0 unspecified atom stereocenters. The van der Waals surface area contributed by atoms with E-state index in [1.54, 1.807) is 0 Å². The monoisotopic (exact) mass is 365 g/mol. The van der Waals surface area contributed by atoms with E-state index in [2.05, 4.69) is 0 Å². The van der Waals surface area contributed by atoms with Crippen LogP contribution < -0.4 is 0 Å². The van der Waals surface area contributed by atoms with Crippen LogP contribution in [0.15, 0.2) is 53.4 Å². The molecule has 3 rings (SSSR count). The van der Waals surface area contributed by atoms with Crippen molar-refractivity contribution in [1.82, 2.24) is 4.31 Å². The highest BCUT2D eigenvalue weighted by atomic mass is 35.5. The predicted molar refractivity (Wildman–Crippen MR) is 90.1 cm³/mol. The molecule has 0 amide bonds. The Kier molecular flexibility index (Phi) is 4.62. The molecule has 0 radical (unpaired) electrons. The quantitative estimate of drug-likeness (QED) is 0.784. The fourth-order valence-electron chi connectivity index (χ4n) is 2.83. The molecule has 7 heteroatoms. The Hall–Kier alpha value is -1.89.